The lowest BCUT2D eigenvalue weighted by atomic mass is 9.80. The fourth-order valence-electron chi connectivity index (χ4n) is 7.54. The Labute approximate surface area is 316 Å². The number of anilines is 1. The highest BCUT2D eigenvalue weighted by atomic mass is 35.5. The van der Waals surface area contributed by atoms with E-state index in [2.05, 4.69) is 15.0 Å². The SMILES string of the molecule is COc1ccc(S(=O)(=O)N2C(=O)C(c3cc(CCN4CCNCC4)ccc3OC)(N3C[C@H](O)C[C@H]3C(=O)N(C)C)c3cc(Cl)ccc32)c(OC(F)(F)F)c1. The Balaban J connectivity index is 1.62. The summed E-state index contributed by atoms with van der Waals surface area (Å²) < 4.78 is 86.3. The minimum Gasteiger partial charge on any atom is -0.497 e. The predicted octanol–water partition coefficient (Wildman–Crippen LogP) is 3.21. The van der Waals surface area contributed by atoms with Crippen LogP contribution in [0.5, 0.6) is 17.2 Å². The van der Waals surface area contributed by atoms with Crippen LogP contribution in [0.2, 0.25) is 5.02 Å². The Morgan fingerprint density at radius 2 is 1.74 bits per heavy atom. The first kappa shape index (κ1) is 39.6. The van der Waals surface area contributed by atoms with Crippen molar-refractivity contribution in [3.8, 4) is 17.2 Å². The molecule has 2 fully saturated rings. The van der Waals surface area contributed by atoms with Crippen LogP contribution in [0.15, 0.2) is 59.5 Å². The van der Waals surface area contributed by atoms with Crippen LogP contribution in [0.3, 0.4) is 0 Å². The van der Waals surface area contributed by atoms with Gasteiger partial charge in [-0.1, -0.05) is 17.7 Å². The number of likely N-dealkylation sites (tertiary alicyclic amines) is 1. The predicted molar refractivity (Wildman–Crippen MR) is 192 cm³/mol. The van der Waals surface area contributed by atoms with E-state index in [4.69, 9.17) is 21.1 Å². The second-order valence-electron chi connectivity index (χ2n) is 13.5. The molecule has 3 aliphatic rings. The number of likely N-dealkylation sites (N-methyl/N-ethyl adjacent to an activating group) is 1. The summed E-state index contributed by atoms with van der Waals surface area (Å²) in [6, 6.07) is 10.8. The summed E-state index contributed by atoms with van der Waals surface area (Å²) in [6.45, 7) is 3.71. The van der Waals surface area contributed by atoms with Gasteiger partial charge in [-0.15, -0.1) is 13.2 Å². The van der Waals surface area contributed by atoms with Crippen molar-refractivity contribution in [2.45, 2.75) is 41.8 Å². The molecule has 0 radical (unpaired) electrons. The number of alkyl halides is 3. The molecule has 2 saturated heterocycles. The van der Waals surface area contributed by atoms with Gasteiger partial charge in [-0.25, -0.2) is 12.7 Å². The number of β-amino-alcohol motifs (C(OH)–C–C–N with tert-alkyl or cyclic N) is 1. The van der Waals surface area contributed by atoms with Crippen molar-refractivity contribution in [1.29, 1.82) is 0 Å². The number of benzene rings is 3. The second-order valence-corrected chi connectivity index (χ2v) is 15.7. The molecular formula is C36H41ClF3N5O8S. The number of halogens is 4. The number of nitrogens with one attached hydrogen (secondary N) is 1. The third kappa shape index (κ3) is 7.20. The molecule has 3 heterocycles. The number of carbonyl (C=O) groups is 2. The summed E-state index contributed by atoms with van der Waals surface area (Å²) in [5.41, 5.74) is -1.52. The number of aliphatic hydroxyl groups is 1. The molecule has 0 aliphatic carbocycles. The van der Waals surface area contributed by atoms with Crippen LogP contribution in [0.1, 0.15) is 23.1 Å². The number of amides is 2. The van der Waals surface area contributed by atoms with Gasteiger partial charge in [0.25, 0.3) is 15.9 Å². The number of fused-ring (bicyclic) bond motifs is 1. The van der Waals surface area contributed by atoms with Crippen molar-refractivity contribution in [3.05, 3.63) is 76.3 Å². The van der Waals surface area contributed by atoms with E-state index in [1.54, 1.807) is 12.1 Å². The van der Waals surface area contributed by atoms with Crippen molar-refractivity contribution in [3.63, 3.8) is 0 Å². The number of sulfonamides is 1. The molecule has 18 heteroatoms. The van der Waals surface area contributed by atoms with Gasteiger partial charge in [0.05, 0.1) is 32.1 Å². The summed E-state index contributed by atoms with van der Waals surface area (Å²) in [6.07, 6.45) is -6.03. The molecule has 0 aromatic heterocycles. The van der Waals surface area contributed by atoms with E-state index in [9.17, 15) is 31.5 Å². The number of hydrogen-bond acceptors (Lipinski definition) is 11. The van der Waals surface area contributed by atoms with E-state index in [-0.39, 0.29) is 46.3 Å². The van der Waals surface area contributed by atoms with Crippen LogP contribution >= 0.6 is 11.6 Å². The van der Waals surface area contributed by atoms with Gasteiger partial charge < -0.3 is 34.4 Å². The molecular weight excluding hydrogens is 755 g/mol. The van der Waals surface area contributed by atoms with Crippen LogP contribution in [0.4, 0.5) is 18.9 Å². The summed E-state index contributed by atoms with van der Waals surface area (Å²) in [5.74, 6) is -2.75. The fourth-order valence-corrected chi connectivity index (χ4v) is 9.27. The van der Waals surface area contributed by atoms with Crippen LogP contribution in [0.25, 0.3) is 0 Å². The quantitative estimate of drug-likeness (QED) is 0.296. The van der Waals surface area contributed by atoms with Gasteiger partial charge >= 0.3 is 6.36 Å². The van der Waals surface area contributed by atoms with E-state index in [0.29, 0.717) is 17.3 Å². The van der Waals surface area contributed by atoms with Gasteiger partial charge in [0.2, 0.25) is 5.91 Å². The lowest BCUT2D eigenvalue weighted by Crippen LogP contribution is -2.59. The topological polar surface area (TPSA) is 141 Å². The Bertz CT molecular complexity index is 2030. The molecule has 292 valence electrons. The number of methoxy groups -OCH3 is 2. The van der Waals surface area contributed by atoms with Crippen LogP contribution in [-0.2, 0) is 31.6 Å². The van der Waals surface area contributed by atoms with Gasteiger partial charge in [0, 0.05) is 75.6 Å². The highest BCUT2D eigenvalue weighted by molar-refractivity contribution is 7.93. The third-order valence-corrected chi connectivity index (χ3v) is 11.9. The number of hydrogen-bond donors (Lipinski definition) is 2. The van der Waals surface area contributed by atoms with Gasteiger partial charge in [-0.2, -0.15) is 0 Å². The molecule has 2 amide bonds. The van der Waals surface area contributed by atoms with Crippen molar-refractivity contribution in [2.24, 2.45) is 0 Å². The van der Waals surface area contributed by atoms with E-state index in [1.165, 1.54) is 56.3 Å². The van der Waals surface area contributed by atoms with Crippen molar-refractivity contribution >= 4 is 39.1 Å². The third-order valence-electron chi connectivity index (χ3n) is 9.97. The zero-order valence-electron chi connectivity index (χ0n) is 30.0. The smallest absolute Gasteiger partial charge is 0.497 e. The minimum absolute atomic E-state index is 0.0126. The zero-order valence-corrected chi connectivity index (χ0v) is 31.6. The van der Waals surface area contributed by atoms with Gasteiger partial charge in [0.15, 0.2) is 11.3 Å². The van der Waals surface area contributed by atoms with Gasteiger partial charge in [0.1, 0.15) is 16.4 Å². The molecule has 6 rings (SSSR count). The van der Waals surface area contributed by atoms with Crippen molar-refractivity contribution in [2.75, 3.05) is 71.9 Å². The first-order chi connectivity index (χ1) is 25.5. The highest BCUT2D eigenvalue weighted by Gasteiger charge is 2.64. The van der Waals surface area contributed by atoms with E-state index in [0.717, 1.165) is 49.9 Å². The molecule has 3 aliphatic heterocycles. The molecule has 0 spiro atoms. The highest BCUT2D eigenvalue weighted by Crippen LogP contribution is 2.55. The maximum atomic E-state index is 15.6. The molecule has 3 aromatic carbocycles. The van der Waals surface area contributed by atoms with Gasteiger partial charge in [-0.05, 0) is 60.9 Å². The maximum absolute atomic E-state index is 15.6. The number of ether oxygens (including phenoxy) is 3. The Hall–Kier alpha value is -4.13. The number of rotatable bonds is 11. The maximum Gasteiger partial charge on any atom is 0.573 e. The summed E-state index contributed by atoms with van der Waals surface area (Å²) in [5, 5.41) is 14.6. The van der Waals surface area contributed by atoms with E-state index >= 15 is 4.79 Å². The van der Waals surface area contributed by atoms with Crippen LogP contribution < -0.4 is 23.8 Å². The average molecular weight is 796 g/mol. The van der Waals surface area contributed by atoms with Crippen molar-refractivity contribution < 1.29 is 50.5 Å². The molecule has 3 aromatic rings. The summed E-state index contributed by atoms with van der Waals surface area (Å²) >= 11 is 6.60. The summed E-state index contributed by atoms with van der Waals surface area (Å²) in [4.78, 5) is 33.6. The molecule has 13 nitrogen and oxygen atoms in total. The standard InChI is InChI=1S/C36H41ClF3N5O8S/c1-42(2)33(47)29-19-24(46)21-44(29)35(27-17-22(5-9-30(27)52-4)11-14-43-15-12-41-13-16-43)26-18-23(37)6-8-28(26)45(34(35)48)54(49,50)32-10-7-25(51-3)20-31(32)53-36(38,39)40/h5-10,17-18,20,24,29,41,46H,11-16,19,21H2,1-4H3/t24-,29+,35?/m1/s1. The normalized spacial score (nSPS) is 22.3. The first-order valence-corrected chi connectivity index (χ1v) is 18.9. The first-order valence-electron chi connectivity index (χ1n) is 17.1. The number of aliphatic hydroxyl groups excluding tert-OH is 1. The second kappa shape index (κ2) is 15.2. The van der Waals surface area contributed by atoms with E-state index in [1.807, 2.05) is 6.07 Å². The average Bonchev–Trinajstić information content (AvgIpc) is 3.64. The number of nitrogens with zero attached hydrogens (tertiary/aromatic N) is 4. The molecule has 3 atom stereocenters. The van der Waals surface area contributed by atoms with Crippen molar-refractivity contribution in [1.82, 2.24) is 20.0 Å². The molecule has 54 heavy (non-hydrogen) atoms. The largest absolute Gasteiger partial charge is 0.573 e. The lowest BCUT2D eigenvalue weighted by molar-refractivity contribution is -0.275. The van der Waals surface area contributed by atoms with Gasteiger partial charge in [-0.3, -0.25) is 14.5 Å². The van der Waals surface area contributed by atoms with Crippen LogP contribution in [-0.4, -0.2) is 126 Å². The monoisotopic (exact) mass is 795 g/mol. The molecule has 2 N–H and O–H groups in total. The van der Waals surface area contributed by atoms with Crippen LogP contribution in [0, 0.1) is 0 Å². The number of carbonyl (C=O) groups excluding carboxylic acids is 2. The van der Waals surface area contributed by atoms with E-state index < -0.39 is 56.5 Å². The fraction of sp³-hybridized carbons (Fsp3) is 0.444. The Morgan fingerprint density at radius 1 is 1.02 bits per heavy atom. The minimum atomic E-state index is -5.31. The lowest BCUT2D eigenvalue weighted by Gasteiger charge is -2.42. The zero-order chi connectivity index (χ0) is 39.2. The molecule has 1 unspecified atom stereocenters. The molecule has 0 saturated carbocycles. The Kier molecular flexibility index (Phi) is 11.1. The molecule has 0 bridgehead atoms. The summed E-state index contributed by atoms with van der Waals surface area (Å²) in [7, 11) is 0.331. The number of piperazine rings is 1. The Morgan fingerprint density at radius 3 is 2.39 bits per heavy atom.